The minimum atomic E-state index is -0.597. The monoisotopic (exact) mass is 479 g/mol. The smallest absolute Gasteiger partial charge is 0.193 e. The van der Waals surface area contributed by atoms with Crippen molar-refractivity contribution in [3.63, 3.8) is 0 Å². The molecule has 1 aliphatic carbocycles. The van der Waals surface area contributed by atoms with E-state index < -0.39 is 6.17 Å². The van der Waals surface area contributed by atoms with Gasteiger partial charge in [0.05, 0.1) is 7.11 Å². The number of nitrogens with one attached hydrogen (secondary N) is 1. The Morgan fingerprint density at radius 3 is 2.33 bits per heavy atom. The van der Waals surface area contributed by atoms with E-state index in [1.807, 2.05) is 12.1 Å². The second kappa shape index (κ2) is 9.92. The predicted octanol–water partition coefficient (Wildman–Crippen LogP) is 5.24. The van der Waals surface area contributed by atoms with Crippen molar-refractivity contribution in [1.82, 2.24) is 5.32 Å². The van der Waals surface area contributed by atoms with Gasteiger partial charge in [-0.05, 0) is 49.2 Å². The summed E-state index contributed by atoms with van der Waals surface area (Å²) in [7, 11) is 1.58. The number of para-hydroxylation sites is 1. The average Bonchev–Trinajstić information content (AvgIpc) is 2.93. The maximum Gasteiger partial charge on any atom is 0.193 e. The fraction of sp³-hybridized carbons (Fsp3) is 0.138. The van der Waals surface area contributed by atoms with E-state index in [2.05, 4.69) is 5.32 Å². The summed E-state index contributed by atoms with van der Waals surface area (Å²) < 4.78 is 5.16. The Morgan fingerprint density at radius 2 is 1.67 bits per heavy atom. The number of phenolic OH excluding ortho intramolecular Hbond substituents is 1. The van der Waals surface area contributed by atoms with E-state index in [9.17, 15) is 15.0 Å². The zero-order valence-electron chi connectivity index (χ0n) is 19.7. The van der Waals surface area contributed by atoms with E-state index >= 15 is 0 Å². The largest absolute Gasteiger partial charge is 0.508 e. The van der Waals surface area contributed by atoms with Crippen LogP contribution >= 0.6 is 0 Å². The molecule has 7 heteroatoms. The lowest BCUT2D eigenvalue weighted by molar-refractivity contribution is 0.103. The summed E-state index contributed by atoms with van der Waals surface area (Å²) in [6.45, 7) is 0. The Hall–Kier alpha value is -4.65. The fourth-order valence-corrected chi connectivity index (χ4v) is 4.18. The molecule has 0 spiro atoms. The lowest BCUT2D eigenvalue weighted by Gasteiger charge is -2.26. The highest BCUT2D eigenvalue weighted by Crippen LogP contribution is 2.30. The van der Waals surface area contributed by atoms with Crippen LogP contribution in [0.25, 0.3) is 0 Å². The first kappa shape index (κ1) is 23.1. The first-order valence-corrected chi connectivity index (χ1v) is 11.6. The molecule has 0 aromatic heterocycles. The minimum Gasteiger partial charge on any atom is -0.508 e. The summed E-state index contributed by atoms with van der Waals surface area (Å²) in [5.41, 5.74) is 3.11. The molecule has 7 nitrogen and oxygen atoms in total. The molecule has 1 heterocycles. The normalized spacial score (nSPS) is 17.2. The Balaban J connectivity index is 1.49. The Bertz CT molecular complexity index is 1420. The number of carbonyl (C=O) groups is 1. The quantitative estimate of drug-likeness (QED) is 0.420. The van der Waals surface area contributed by atoms with Crippen molar-refractivity contribution in [2.75, 3.05) is 7.11 Å². The maximum atomic E-state index is 12.9. The molecule has 0 saturated carbocycles. The van der Waals surface area contributed by atoms with Crippen LogP contribution in [0.2, 0.25) is 0 Å². The van der Waals surface area contributed by atoms with Crippen LogP contribution in [0.5, 0.6) is 11.5 Å². The molecule has 1 atom stereocenters. The van der Waals surface area contributed by atoms with Crippen molar-refractivity contribution in [1.29, 1.82) is 0 Å². The molecule has 36 heavy (non-hydrogen) atoms. The van der Waals surface area contributed by atoms with E-state index in [-0.39, 0.29) is 17.3 Å². The average molecular weight is 480 g/mol. The van der Waals surface area contributed by atoms with E-state index in [1.54, 1.807) is 79.9 Å². The Morgan fingerprint density at radius 1 is 0.972 bits per heavy atom. The van der Waals surface area contributed by atoms with Crippen LogP contribution < -0.4 is 10.1 Å². The zero-order valence-corrected chi connectivity index (χ0v) is 19.7. The van der Waals surface area contributed by atoms with E-state index in [0.717, 1.165) is 6.42 Å². The van der Waals surface area contributed by atoms with Crippen molar-refractivity contribution in [3.8, 4) is 11.5 Å². The number of amidine groups is 2. The molecule has 0 bridgehead atoms. The molecule has 180 valence electrons. The number of aromatic hydroxyl groups is 1. The van der Waals surface area contributed by atoms with Crippen molar-refractivity contribution in [3.05, 3.63) is 119 Å². The third-order valence-corrected chi connectivity index (χ3v) is 6.16. The molecule has 0 fully saturated rings. The number of ketones is 1. The summed E-state index contributed by atoms with van der Waals surface area (Å²) in [6.07, 6.45) is 4.40. The molecule has 0 saturated heterocycles. The summed E-state index contributed by atoms with van der Waals surface area (Å²) in [5.74, 6) is 1.81. The van der Waals surface area contributed by atoms with Gasteiger partial charge in [-0.3, -0.25) is 4.79 Å². The maximum absolute atomic E-state index is 12.9. The molecule has 3 N–H and O–H groups in total. The molecular weight excluding hydrogens is 454 g/mol. The Labute approximate surface area is 208 Å². The van der Waals surface area contributed by atoms with Crippen molar-refractivity contribution in [2.45, 2.75) is 19.0 Å². The molecule has 2 aliphatic rings. The highest BCUT2D eigenvalue weighted by Gasteiger charge is 2.25. The number of methoxy groups -OCH3 is 1. The van der Waals surface area contributed by atoms with Gasteiger partial charge in [-0.15, -0.1) is 0 Å². The molecule has 1 aliphatic heterocycles. The number of ether oxygens (including phenoxy) is 1. The molecular formula is C29H25N3O4. The summed E-state index contributed by atoms with van der Waals surface area (Å²) in [5, 5.41) is 24.2. The number of aliphatic hydroxyl groups is 1. The number of hydrogen-bond acceptors (Lipinski definition) is 7. The zero-order chi connectivity index (χ0) is 25.1. The summed E-state index contributed by atoms with van der Waals surface area (Å²) in [6, 6.07) is 21.1. The molecule has 0 amide bonds. The van der Waals surface area contributed by atoms with Crippen LogP contribution in [-0.4, -0.2) is 34.8 Å². The topological polar surface area (TPSA) is 104 Å². The number of allylic oxidation sites excluding steroid dienone is 2. The van der Waals surface area contributed by atoms with Crippen LogP contribution in [0.3, 0.4) is 0 Å². The van der Waals surface area contributed by atoms with E-state index in [0.29, 0.717) is 51.7 Å². The Kier molecular flexibility index (Phi) is 6.36. The van der Waals surface area contributed by atoms with Crippen LogP contribution in [0.15, 0.2) is 106 Å². The number of hydrogen-bond donors (Lipinski definition) is 3. The summed E-state index contributed by atoms with van der Waals surface area (Å²) >= 11 is 0. The number of carbonyl (C=O) groups excluding carboxylic acids is 1. The lowest BCUT2D eigenvalue weighted by Crippen LogP contribution is -2.35. The second-order valence-electron chi connectivity index (χ2n) is 8.46. The van der Waals surface area contributed by atoms with Gasteiger partial charge in [-0.1, -0.05) is 48.5 Å². The van der Waals surface area contributed by atoms with Crippen molar-refractivity contribution < 1.29 is 19.7 Å². The van der Waals surface area contributed by atoms with Gasteiger partial charge in [0.15, 0.2) is 17.8 Å². The van der Waals surface area contributed by atoms with Crippen molar-refractivity contribution in [2.24, 2.45) is 9.98 Å². The van der Waals surface area contributed by atoms with E-state index in [1.165, 1.54) is 0 Å². The first-order chi connectivity index (χ1) is 17.5. The van der Waals surface area contributed by atoms with Crippen LogP contribution in [0.4, 0.5) is 0 Å². The number of phenols is 1. The van der Waals surface area contributed by atoms with Gasteiger partial charge in [0.2, 0.25) is 0 Å². The fourth-order valence-electron chi connectivity index (χ4n) is 4.18. The van der Waals surface area contributed by atoms with Crippen molar-refractivity contribution >= 4 is 17.5 Å². The third kappa shape index (κ3) is 4.63. The van der Waals surface area contributed by atoms with Gasteiger partial charge >= 0.3 is 0 Å². The number of aliphatic imine (C=N–C) groups is 2. The third-order valence-electron chi connectivity index (χ3n) is 6.16. The lowest BCUT2D eigenvalue weighted by atomic mass is 10.00. The van der Waals surface area contributed by atoms with Gasteiger partial charge in [0, 0.05) is 27.8 Å². The standard InChI is InChI=1S/C29H25N3O4/c1-36-21-16-14-19(15-17-21)26(35)18-10-12-20(13-11-18)27-30-28(22-6-2-4-8-24(22)33)32-29(31-27)23-7-3-5-9-25(23)34/h2,4-6,8-17,28,33-34H,3,7H2,1H3,(H,30,31,32). The number of benzene rings is 3. The SMILES string of the molecule is COc1ccc(C(=O)c2ccc(C3=NC(c4ccccc4O)NC(C4=C(O)C=CCC4)=N3)cc2)cc1. The first-order valence-electron chi connectivity index (χ1n) is 11.6. The highest BCUT2D eigenvalue weighted by atomic mass is 16.5. The minimum absolute atomic E-state index is 0.100. The molecule has 1 unspecified atom stereocenters. The van der Waals surface area contributed by atoms with Crippen LogP contribution in [0.1, 0.15) is 46.1 Å². The number of aliphatic hydroxyl groups excluding tert-OH is 1. The predicted molar refractivity (Wildman–Crippen MR) is 139 cm³/mol. The van der Waals surface area contributed by atoms with Gasteiger partial charge in [0.25, 0.3) is 0 Å². The highest BCUT2D eigenvalue weighted by molar-refractivity contribution is 6.14. The molecule has 3 aromatic carbocycles. The van der Waals surface area contributed by atoms with Crippen LogP contribution in [0, 0.1) is 0 Å². The molecule has 3 aromatic rings. The van der Waals surface area contributed by atoms with E-state index in [4.69, 9.17) is 14.7 Å². The van der Waals surface area contributed by atoms with Gasteiger partial charge in [0.1, 0.15) is 23.1 Å². The number of nitrogens with zero attached hydrogens (tertiary/aromatic N) is 2. The van der Waals surface area contributed by atoms with Gasteiger partial charge in [-0.25, -0.2) is 9.98 Å². The van der Waals surface area contributed by atoms with Crippen LogP contribution in [-0.2, 0) is 0 Å². The molecule has 5 rings (SSSR count). The second-order valence-corrected chi connectivity index (χ2v) is 8.46. The molecule has 0 radical (unpaired) electrons. The number of rotatable bonds is 6. The van der Waals surface area contributed by atoms with Gasteiger partial charge < -0.3 is 20.3 Å². The van der Waals surface area contributed by atoms with Gasteiger partial charge in [-0.2, -0.15) is 0 Å². The summed E-state index contributed by atoms with van der Waals surface area (Å²) in [4.78, 5) is 22.4.